The first-order chi connectivity index (χ1) is 12.6. The van der Waals surface area contributed by atoms with E-state index in [1.165, 1.54) is 0 Å². The second-order valence-electron chi connectivity index (χ2n) is 7.28. The first-order valence-corrected chi connectivity index (χ1v) is 9.14. The predicted molar refractivity (Wildman–Crippen MR) is 92.4 cm³/mol. The monoisotopic (exact) mass is 366 g/mol. The van der Waals surface area contributed by atoms with Crippen molar-refractivity contribution in [1.82, 2.24) is 25.1 Å². The van der Waals surface area contributed by atoms with E-state index < -0.39 is 5.92 Å². The van der Waals surface area contributed by atoms with E-state index in [9.17, 15) is 13.6 Å². The van der Waals surface area contributed by atoms with Crippen molar-refractivity contribution in [3.63, 3.8) is 0 Å². The Hall–Kier alpha value is -1.71. The van der Waals surface area contributed by atoms with Gasteiger partial charge in [-0.2, -0.15) is 0 Å². The van der Waals surface area contributed by atoms with Crippen LogP contribution in [-0.2, 0) is 4.79 Å². The minimum atomic E-state index is -2.65. The molecule has 142 valence electrons. The van der Waals surface area contributed by atoms with Crippen molar-refractivity contribution in [2.45, 2.75) is 30.5 Å². The number of nitrogens with one attached hydrogen (secondary N) is 1. The molecule has 0 aliphatic carbocycles. The molecule has 26 heavy (non-hydrogen) atoms. The molecule has 0 spiro atoms. The molecule has 0 bridgehead atoms. The van der Waals surface area contributed by atoms with Gasteiger partial charge >= 0.3 is 0 Å². The summed E-state index contributed by atoms with van der Waals surface area (Å²) in [5.74, 6) is -1.93. The zero-order chi connectivity index (χ0) is 18.1. The fraction of sp³-hybridized carbons (Fsp3) is 0.706. The highest BCUT2D eigenvalue weighted by Gasteiger charge is 2.49. The number of nitrogens with zero attached hydrogens (tertiary/aromatic N) is 5. The van der Waals surface area contributed by atoms with E-state index in [1.54, 1.807) is 23.4 Å². The standard InChI is InChI=1S/C17H24F2N6O/c18-17(19)2-5-25(12-17)15-13(11-26)22-10-14(15)23-6-8-24(9-7-23)16-20-3-1-4-21-16/h1,3-4,11,13-15,22H,2,5-10,12H2/t13-,14+,15?/m1/s1. The van der Waals surface area contributed by atoms with Crippen molar-refractivity contribution in [1.29, 1.82) is 0 Å². The average Bonchev–Trinajstić information content (AvgIpc) is 3.25. The fourth-order valence-electron chi connectivity index (χ4n) is 4.41. The quantitative estimate of drug-likeness (QED) is 0.744. The lowest BCUT2D eigenvalue weighted by molar-refractivity contribution is -0.110. The number of likely N-dealkylation sites (tertiary alicyclic amines) is 1. The van der Waals surface area contributed by atoms with E-state index in [0.29, 0.717) is 13.1 Å². The van der Waals surface area contributed by atoms with Gasteiger partial charge in [-0.15, -0.1) is 0 Å². The molecule has 0 radical (unpaired) electrons. The van der Waals surface area contributed by atoms with Gasteiger partial charge in [0.05, 0.1) is 12.6 Å². The molecule has 1 aromatic rings. The first kappa shape index (κ1) is 17.7. The number of halogens is 2. The number of aromatic nitrogens is 2. The molecule has 3 aliphatic heterocycles. The van der Waals surface area contributed by atoms with Crippen LogP contribution in [0.4, 0.5) is 14.7 Å². The Morgan fingerprint density at radius 3 is 2.46 bits per heavy atom. The zero-order valence-corrected chi connectivity index (χ0v) is 14.6. The summed E-state index contributed by atoms with van der Waals surface area (Å²) < 4.78 is 27.4. The third-order valence-electron chi connectivity index (χ3n) is 5.71. The van der Waals surface area contributed by atoms with Gasteiger partial charge in [0.15, 0.2) is 0 Å². The average molecular weight is 366 g/mol. The van der Waals surface area contributed by atoms with Gasteiger partial charge in [0.2, 0.25) is 5.95 Å². The van der Waals surface area contributed by atoms with Gasteiger partial charge in [0.25, 0.3) is 5.92 Å². The van der Waals surface area contributed by atoms with Crippen LogP contribution in [0.3, 0.4) is 0 Å². The number of hydrogen-bond donors (Lipinski definition) is 1. The Balaban J connectivity index is 1.43. The Bertz CT molecular complexity index is 625. The summed E-state index contributed by atoms with van der Waals surface area (Å²) in [7, 11) is 0. The molecule has 1 N–H and O–H groups in total. The van der Waals surface area contributed by atoms with Crippen LogP contribution in [0, 0.1) is 0 Å². The van der Waals surface area contributed by atoms with Crippen LogP contribution >= 0.6 is 0 Å². The minimum absolute atomic E-state index is 0.0675. The van der Waals surface area contributed by atoms with E-state index in [0.717, 1.165) is 38.4 Å². The van der Waals surface area contributed by atoms with E-state index in [-0.39, 0.29) is 31.1 Å². The van der Waals surface area contributed by atoms with Gasteiger partial charge in [-0.3, -0.25) is 9.80 Å². The summed E-state index contributed by atoms with van der Waals surface area (Å²) in [5.41, 5.74) is 0. The van der Waals surface area contributed by atoms with Crippen LogP contribution in [0.5, 0.6) is 0 Å². The molecule has 0 amide bonds. The summed E-state index contributed by atoms with van der Waals surface area (Å²) in [4.78, 5) is 26.3. The number of carbonyl (C=O) groups is 1. The Kier molecular flexibility index (Phi) is 4.85. The SMILES string of the molecule is O=C[C@H]1NC[C@H](N2CCN(c3ncccn3)CC2)C1N1CCC(F)(F)C1. The van der Waals surface area contributed by atoms with Gasteiger partial charge < -0.3 is 15.0 Å². The Morgan fingerprint density at radius 1 is 1.12 bits per heavy atom. The third-order valence-corrected chi connectivity index (χ3v) is 5.71. The lowest BCUT2D eigenvalue weighted by Crippen LogP contribution is -2.58. The number of carbonyl (C=O) groups excluding carboxylic acids is 1. The van der Waals surface area contributed by atoms with Gasteiger partial charge in [0.1, 0.15) is 6.29 Å². The van der Waals surface area contributed by atoms with Crippen molar-refractivity contribution in [2.24, 2.45) is 0 Å². The van der Waals surface area contributed by atoms with E-state index in [1.807, 2.05) is 0 Å². The molecule has 0 saturated carbocycles. The number of hydrogen-bond acceptors (Lipinski definition) is 7. The van der Waals surface area contributed by atoms with Crippen molar-refractivity contribution in [2.75, 3.05) is 50.7 Å². The molecule has 3 saturated heterocycles. The molecule has 4 heterocycles. The van der Waals surface area contributed by atoms with Crippen LogP contribution in [0.15, 0.2) is 18.5 Å². The van der Waals surface area contributed by atoms with Gasteiger partial charge in [0, 0.05) is 70.2 Å². The van der Waals surface area contributed by atoms with Crippen molar-refractivity contribution in [3.8, 4) is 0 Å². The molecule has 7 nitrogen and oxygen atoms in total. The minimum Gasteiger partial charge on any atom is -0.338 e. The molecule has 3 atom stereocenters. The number of alkyl halides is 2. The molecule has 9 heteroatoms. The van der Waals surface area contributed by atoms with Crippen LogP contribution in [0.25, 0.3) is 0 Å². The van der Waals surface area contributed by atoms with Crippen LogP contribution in [0.2, 0.25) is 0 Å². The highest BCUT2D eigenvalue weighted by atomic mass is 19.3. The van der Waals surface area contributed by atoms with Crippen LogP contribution in [0.1, 0.15) is 6.42 Å². The lowest BCUT2D eigenvalue weighted by atomic mass is 10.0. The van der Waals surface area contributed by atoms with Gasteiger partial charge in [-0.05, 0) is 6.07 Å². The molecule has 0 aromatic carbocycles. The van der Waals surface area contributed by atoms with Gasteiger partial charge in [-0.25, -0.2) is 18.7 Å². The smallest absolute Gasteiger partial charge is 0.261 e. The van der Waals surface area contributed by atoms with Crippen molar-refractivity contribution < 1.29 is 13.6 Å². The van der Waals surface area contributed by atoms with Crippen LogP contribution in [-0.4, -0.2) is 95.9 Å². The summed E-state index contributed by atoms with van der Waals surface area (Å²) >= 11 is 0. The predicted octanol–water partition coefficient (Wildman–Crippen LogP) is -0.152. The fourth-order valence-corrected chi connectivity index (χ4v) is 4.41. The molecule has 1 unspecified atom stereocenters. The van der Waals surface area contributed by atoms with E-state index in [4.69, 9.17) is 0 Å². The summed E-state index contributed by atoms with van der Waals surface area (Å²) in [6.07, 6.45) is 4.21. The van der Waals surface area contributed by atoms with Crippen molar-refractivity contribution in [3.05, 3.63) is 18.5 Å². The number of rotatable bonds is 4. The van der Waals surface area contributed by atoms with E-state index in [2.05, 4.69) is 25.1 Å². The summed E-state index contributed by atoms with van der Waals surface area (Å²) in [5, 5.41) is 3.22. The number of anilines is 1. The number of aldehydes is 1. The summed E-state index contributed by atoms with van der Waals surface area (Å²) in [6, 6.07) is 1.28. The molecular weight excluding hydrogens is 342 g/mol. The highest BCUT2D eigenvalue weighted by molar-refractivity contribution is 5.60. The zero-order valence-electron chi connectivity index (χ0n) is 14.6. The Labute approximate surface area is 151 Å². The lowest BCUT2D eigenvalue weighted by Gasteiger charge is -2.42. The maximum Gasteiger partial charge on any atom is 0.261 e. The topological polar surface area (TPSA) is 64.6 Å². The number of piperazine rings is 1. The normalized spacial score (nSPS) is 32.8. The molecule has 3 fully saturated rings. The highest BCUT2D eigenvalue weighted by Crippen LogP contribution is 2.32. The first-order valence-electron chi connectivity index (χ1n) is 9.14. The Morgan fingerprint density at radius 2 is 1.85 bits per heavy atom. The molecular formula is C17H24F2N6O. The maximum absolute atomic E-state index is 13.7. The van der Waals surface area contributed by atoms with Crippen LogP contribution < -0.4 is 10.2 Å². The largest absolute Gasteiger partial charge is 0.338 e. The third kappa shape index (κ3) is 3.43. The molecule has 3 aliphatic rings. The van der Waals surface area contributed by atoms with Crippen molar-refractivity contribution >= 4 is 12.2 Å². The molecule has 1 aromatic heterocycles. The summed E-state index contributed by atoms with van der Waals surface area (Å²) in [6.45, 7) is 3.92. The van der Waals surface area contributed by atoms with E-state index >= 15 is 0 Å². The second-order valence-corrected chi connectivity index (χ2v) is 7.28. The maximum atomic E-state index is 13.7. The molecule has 4 rings (SSSR count). The second kappa shape index (κ2) is 7.13. The van der Waals surface area contributed by atoms with Gasteiger partial charge in [-0.1, -0.05) is 0 Å².